The maximum Gasteiger partial charge on any atom is 0.336 e. The number of nitrogens with zero attached hydrogens (tertiary/aromatic N) is 3. The molecule has 14 amide bonds. The smallest absolute Gasteiger partial charge is 0.336 e. The van der Waals surface area contributed by atoms with Crippen LogP contribution >= 0.6 is 44.2 Å². The molecule has 42 nitrogen and oxygen atoms in total. The zero-order chi connectivity index (χ0) is 108. The average Bonchev–Trinajstić information content (AvgIpc) is 1.67. The monoisotopic (exact) mass is 2200 g/mol. The van der Waals surface area contributed by atoms with Crippen LogP contribution in [0.3, 0.4) is 0 Å². The number of para-hydroxylation sites is 1. The molecule has 3 aliphatic heterocycles. The van der Waals surface area contributed by atoms with E-state index in [1.165, 1.54) is 78.7 Å². The van der Waals surface area contributed by atoms with Gasteiger partial charge in [-0.05, 0) is 157 Å². The van der Waals surface area contributed by atoms with E-state index in [1.54, 1.807) is 76.5 Å². The van der Waals surface area contributed by atoms with Gasteiger partial charge in [0.05, 0.1) is 34.0 Å². The first-order chi connectivity index (χ1) is 71.1. The highest BCUT2D eigenvalue weighted by atomic mass is 127. The molecule has 2 aliphatic carbocycles. The Hall–Kier alpha value is -14.5. The molecule has 45 heteroatoms. The number of allylic oxidation sites excluding steroid dienone is 3. The number of H-pyrrole nitrogens is 3. The Bertz CT molecular complexity index is 6380. The number of aliphatic hydroxyl groups is 2. The molecule has 0 spiro atoms. The van der Waals surface area contributed by atoms with Gasteiger partial charge in [0.1, 0.15) is 89.1 Å². The normalized spacial score (nSPS) is 19.3. The Kier molecular flexibility index (Phi) is 42.4. The van der Waals surface area contributed by atoms with Crippen molar-refractivity contribution < 1.29 is 107 Å². The summed E-state index contributed by atoms with van der Waals surface area (Å²) in [5, 5.41) is 88.0. The third-order valence-corrected chi connectivity index (χ3v) is 29.1. The van der Waals surface area contributed by atoms with Crippen LogP contribution in [0.4, 0.5) is 10.5 Å². The molecular formula is C104H128IN19O23S2. The summed E-state index contributed by atoms with van der Waals surface area (Å²) in [6.45, 7) is 14.0. The molecule has 0 radical (unpaired) electrons. The predicted molar refractivity (Wildman–Crippen MR) is 566 cm³/mol. The maximum absolute atomic E-state index is 14.6. The second-order valence-corrected chi connectivity index (χ2v) is 41.8. The fraction of sp³-hybridized carbons (Fsp3) is 0.433. The highest BCUT2D eigenvalue weighted by Crippen LogP contribution is 2.43. The number of nitrogens with one attached hydrogen (secondary N) is 16. The molecule has 3 unspecified atom stereocenters. The van der Waals surface area contributed by atoms with Crippen LogP contribution in [0, 0.1) is 29.6 Å². The molecule has 0 saturated carbocycles. The number of imidazole rings is 2. The highest BCUT2D eigenvalue weighted by molar-refractivity contribution is 14.1. The minimum absolute atomic E-state index is 0.0256. The van der Waals surface area contributed by atoms with Crippen molar-refractivity contribution in [2.45, 2.75) is 224 Å². The van der Waals surface area contributed by atoms with Gasteiger partial charge in [-0.1, -0.05) is 144 Å². The lowest BCUT2D eigenvalue weighted by molar-refractivity contribution is -0.142. The number of Topliss-reactive ketones (excluding diaryl/α,β-unsaturated/α-hetero) is 1. The van der Waals surface area contributed by atoms with E-state index in [0.717, 1.165) is 32.8 Å². The first kappa shape index (κ1) is 115. The van der Waals surface area contributed by atoms with Gasteiger partial charge >= 0.3 is 18.0 Å². The zero-order valence-corrected chi connectivity index (χ0v) is 87.6. The predicted octanol–water partition coefficient (Wildman–Crippen LogP) is 7.49. The van der Waals surface area contributed by atoms with Crippen molar-refractivity contribution in [3.8, 4) is 28.2 Å². The molecule has 0 bridgehead atoms. The number of aromatic carboxylic acids is 1. The lowest BCUT2D eigenvalue weighted by atomic mass is 9.90. The summed E-state index contributed by atoms with van der Waals surface area (Å²) in [5.74, 6) is -12.6. The fourth-order valence-corrected chi connectivity index (χ4v) is 20.8. The Morgan fingerprint density at radius 3 is 2.00 bits per heavy atom. The Morgan fingerprint density at radius 1 is 0.651 bits per heavy atom. The van der Waals surface area contributed by atoms with Crippen LogP contribution < -0.4 is 74.5 Å². The summed E-state index contributed by atoms with van der Waals surface area (Å²) >= 11 is 1.92. The molecule has 6 heterocycles. The second kappa shape index (κ2) is 55.0. The van der Waals surface area contributed by atoms with Crippen LogP contribution in [0.15, 0.2) is 171 Å². The number of aromatic nitrogens is 5. The number of carboxylic acids is 2. The number of phenolic OH excluding ortho intramolecular Hbond substituents is 1. The number of carboxylic acid groups (broad SMARTS) is 2. The van der Waals surface area contributed by atoms with E-state index in [0.29, 0.717) is 69.3 Å². The van der Waals surface area contributed by atoms with Crippen molar-refractivity contribution in [3.05, 3.63) is 200 Å². The molecule has 3 aromatic heterocycles. The number of carbonyl (C=O) groups is 16. The number of amides is 14. The lowest BCUT2D eigenvalue weighted by Gasteiger charge is -2.30. The molecule has 4 aromatic carbocycles. The second-order valence-electron chi connectivity index (χ2n) is 38.1. The number of aromatic hydroxyl groups is 1. The SMILES string of the molecule is CCC(C)[C@H](NC(=O)[C@H](Cc1cnc[nH]1)NC(=O)[C@@H]1CSSC[C@H](C)C(=O)N2CC(O)C[C@H]2C(=O)N[C@@H](CC2C=C(I)C(O)=CC2)C(=O)N[C@@H](CC(=O)O)C(=O)N[C@@H](CC(C)C)C(=O)N1)C(=O)N[C@@H](CC(C)C)C(C)=O.CNC(=O)[C@H](Cc1ncc[nH]1)NC(=O)[C@H](Cc1ccccc1)NC(=O)[C@H](Cc1c[nH]c2ccccc12)NC(=O)CCCCCNC(=O)Nc1ccc(-c2c3ccc(=O)cc-3oc3cc(O)ccc23)c(C(=O)O)c1. The van der Waals surface area contributed by atoms with Crippen molar-refractivity contribution >= 4 is 166 Å². The first-order valence-corrected chi connectivity index (χ1v) is 52.8. The van der Waals surface area contributed by atoms with E-state index in [2.05, 4.69) is 94.0 Å². The van der Waals surface area contributed by atoms with Crippen LogP contribution in [-0.4, -0.2) is 254 Å². The molecule has 2 fully saturated rings. The zero-order valence-electron chi connectivity index (χ0n) is 83.8. The van der Waals surface area contributed by atoms with E-state index in [4.69, 9.17) is 4.42 Å². The number of phenols is 1. The van der Waals surface area contributed by atoms with Crippen molar-refractivity contribution in [3.63, 3.8) is 0 Å². The lowest BCUT2D eigenvalue weighted by Crippen LogP contribution is -2.61. The van der Waals surface area contributed by atoms with Gasteiger partial charge in [-0.2, -0.15) is 0 Å². The summed E-state index contributed by atoms with van der Waals surface area (Å²) in [6, 6.07) is 15.3. The Labute approximate surface area is 880 Å². The number of urea groups is 1. The highest BCUT2D eigenvalue weighted by Gasteiger charge is 2.44. The summed E-state index contributed by atoms with van der Waals surface area (Å²) in [5.41, 5.74) is 4.06. The molecule has 12 rings (SSSR count). The molecule has 149 heavy (non-hydrogen) atoms. The van der Waals surface area contributed by atoms with Crippen LogP contribution in [-0.2, 0) is 92.8 Å². The number of unbranched alkanes of at least 4 members (excludes halogenated alkanes) is 2. The number of carbonyl (C=O) groups excluding carboxylic acids is 14. The fourth-order valence-electron chi connectivity index (χ4n) is 17.5. The third kappa shape index (κ3) is 33.3. The quantitative estimate of drug-likeness (QED) is 0.00765. The molecule has 21 N–H and O–H groups in total. The topological polar surface area (TPSA) is 637 Å². The number of hydrogen-bond donors (Lipinski definition) is 21. The Balaban J connectivity index is 0.000000283. The molecule has 5 aliphatic rings. The number of aliphatic hydroxyl groups excluding tert-OH is 2. The number of likely N-dealkylation sites (N-methyl/N-ethyl adjacent to an activating group) is 1. The molecule has 7 aromatic rings. The van der Waals surface area contributed by atoms with Crippen molar-refractivity contribution in [2.24, 2.45) is 29.6 Å². The Morgan fingerprint density at radius 2 is 1.32 bits per heavy atom. The van der Waals surface area contributed by atoms with E-state index < -0.39 is 186 Å². The van der Waals surface area contributed by atoms with Gasteiger partial charge in [0.2, 0.25) is 70.9 Å². The average molecular weight is 2200 g/mol. The van der Waals surface area contributed by atoms with E-state index in [1.807, 2.05) is 98.0 Å². The van der Waals surface area contributed by atoms with Crippen LogP contribution in [0.25, 0.3) is 44.3 Å². The van der Waals surface area contributed by atoms with Crippen molar-refractivity contribution in [2.75, 3.05) is 37.0 Å². The summed E-state index contributed by atoms with van der Waals surface area (Å²) < 4.78 is 6.39. The standard InChI is InChI=1S/C54H53N9O10.C50H75IN10O13S2/c1-55-50(67)44(29-47-56-22-23-57-47)63-51(68)42(24-31-10-4-2-5-11-31)62-52(69)43(25-32-30-59-41-13-8-7-12-36(32)41)61-48(66)14-6-3-9-21-58-54(72)60-33-15-18-37(40(26-33)53(70)71)49-38-19-16-34(64)27-45(38)73-46-28-35(65)17-20-39(46)49;1-9-26(6)42(49(73)54-33(28(8)62)12-24(2)3)60-46(70)36(16-30-19-52-23-53-30)56-47(71)38-22-76-75-21-27(7)50(74)61-20-31(63)17-39(61)48(72)58-35(15-29-10-11-40(64)32(51)14-29)44(68)57-37(18-41(65)66)45(69)55-34(13-25(4)5)43(67)59-38/h2,4-5,7-8,10-13,15-20,22-23,26-28,30,42-44,59,64H,3,6,9,14,21,24-25,29H2,1H3,(H,55,67)(H,56,57)(H,61,66)(H,62,69)(H,63,68)(H,70,71)(H2,58,60,72);11,14,19,23-27,29,31,33-39,42,63-64H,9-10,12-13,15-18,20-22H2,1-8H3,(H,52,53)(H,54,73)(H,55,69)(H,56,71)(H,57,68)(H,58,72)(H,59,67)(H,60,70)(H,65,66)/t42-,43-,44-;26?,27-,29?,31?,33-,34-,35-,36-,37-,38-,39-,42-/m00/s1. The number of hydrogen-bond acceptors (Lipinski definition) is 25. The van der Waals surface area contributed by atoms with Crippen molar-refractivity contribution in [1.82, 2.24) is 93.6 Å². The van der Waals surface area contributed by atoms with Crippen LogP contribution in [0.1, 0.15) is 159 Å². The molecule has 15 atom stereocenters. The van der Waals surface area contributed by atoms with E-state index in [9.17, 15) is 107 Å². The number of ketones is 1. The number of aliphatic carboxylic acids is 1. The van der Waals surface area contributed by atoms with Crippen molar-refractivity contribution in [1.29, 1.82) is 0 Å². The summed E-state index contributed by atoms with van der Waals surface area (Å²) in [6.07, 6.45) is 11.4. The van der Waals surface area contributed by atoms with E-state index in [-0.39, 0.29) is 140 Å². The largest absolute Gasteiger partial charge is 0.508 e. The summed E-state index contributed by atoms with van der Waals surface area (Å²) in [4.78, 5) is 250. The summed E-state index contributed by atoms with van der Waals surface area (Å²) in [7, 11) is 3.74. The number of fused-ring (bicyclic) bond motifs is 4. The van der Waals surface area contributed by atoms with Gasteiger partial charge in [-0.15, -0.1) is 0 Å². The minimum Gasteiger partial charge on any atom is -0.508 e. The van der Waals surface area contributed by atoms with E-state index >= 15 is 0 Å². The van der Waals surface area contributed by atoms with Gasteiger partial charge in [0, 0.05) is 152 Å². The van der Waals surface area contributed by atoms with Gasteiger partial charge < -0.3 is 119 Å². The number of anilines is 1. The number of aromatic amines is 3. The van der Waals surface area contributed by atoms with Gasteiger partial charge in [0.25, 0.3) is 0 Å². The van der Waals surface area contributed by atoms with Crippen LogP contribution in [0.5, 0.6) is 5.75 Å². The number of halogens is 1. The molecular weight excluding hydrogens is 2070 g/mol. The molecule has 796 valence electrons. The molecule has 2 saturated heterocycles. The van der Waals surface area contributed by atoms with Crippen LogP contribution in [0.2, 0.25) is 0 Å². The minimum atomic E-state index is -1.80. The first-order valence-electron chi connectivity index (χ1n) is 49.2. The number of benzene rings is 5. The van der Waals surface area contributed by atoms with Gasteiger partial charge in [-0.25, -0.2) is 19.6 Å². The van der Waals surface area contributed by atoms with Gasteiger partial charge in [0.15, 0.2) is 11.2 Å². The number of rotatable bonds is 40. The third-order valence-electron chi connectivity index (χ3n) is 25.6. The maximum atomic E-state index is 14.6. The van der Waals surface area contributed by atoms with Gasteiger partial charge in [-0.3, -0.25) is 71.9 Å².